The van der Waals surface area contributed by atoms with E-state index in [0.717, 1.165) is 35.4 Å². The number of carbonyl (C=O) groups excluding carboxylic acids is 4. The summed E-state index contributed by atoms with van der Waals surface area (Å²) in [5.41, 5.74) is 2.07. The van der Waals surface area contributed by atoms with E-state index in [-0.39, 0.29) is 11.5 Å². The van der Waals surface area contributed by atoms with Crippen molar-refractivity contribution < 1.29 is 33.4 Å². The van der Waals surface area contributed by atoms with Gasteiger partial charge in [-0.3, -0.25) is 19.3 Å². The summed E-state index contributed by atoms with van der Waals surface area (Å²) in [6, 6.07) is 12.4. The highest BCUT2D eigenvalue weighted by Gasteiger charge is 2.36. The van der Waals surface area contributed by atoms with Gasteiger partial charge in [-0.1, -0.05) is 15.9 Å². The van der Waals surface area contributed by atoms with Crippen LogP contribution in [0.15, 0.2) is 51.8 Å². The summed E-state index contributed by atoms with van der Waals surface area (Å²) in [6.07, 6.45) is 1.49. The van der Waals surface area contributed by atoms with Crippen molar-refractivity contribution in [2.75, 3.05) is 56.8 Å². The molecular weight excluding hydrogens is 566 g/mol. The molecular formula is C25H24BrN3O7S. The minimum absolute atomic E-state index is 0.133. The van der Waals surface area contributed by atoms with Crippen molar-refractivity contribution in [3.63, 3.8) is 0 Å². The number of halogens is 1. The molecule has 37 heavy (non-hydrogen) atoms. The predicted octanol–water partition coefficient (Wildman–Crippen LogP) is 3.51. The van der Waals surface area contributed by atoms with Gasteiger partial charge in [-0.25, -0.2) is 4.79 Å². The molecule has 0 bridgehead atoms. The normalized spacial score (nSPS) is 16.8. The minimum Gasteiger partial charge on any atom is -0.481 e. The van der Waals surface area contributed by atoms with Gasteiger partial charge in [0.2, 0.25) is 5.91 Å². The average Bonchev–Trinajstić information content (AvgIpc) is 3.16. The molecule has 0 unspecified atom stereocenters. The van der Waals surface area contributed by atoms with Crippen LogP contribution in [0.2, 0.25) is 0 Å². The summed E-state index contributed by atoms with van der Waals surface area (Å²) in [4.78, 5) is 52.7. The topological polar surface area (TPSA) is 114 Å². The van der Waals surface area contributed by atoms with Gasteiger partial charge in [0.25, 0.3) is 11.1 Å². The molecule has 0 atom stereocenters. The number of carbonyl (C=O) groups is 4. The molecule has 0 radical (unpaired) electrons. The van der Waals surface area contributed by atoms with Gasteiger partial charge < -0.3 is 24.4 Å². The molecule has 3 amide bonds. The number of rotatable bonds is 8. The second-order valence-corrected chi connectivity index (χ2v) is 9.92. The summed E-state index contributed by atoms with van der Waals surface area (Å²) in [5.74, 6) is -1.31. The molecule has 12 heteroatoms. The number of thioether (sulfide) groups is 1. The Hall–Kier alpha value is -3.35. The van der Waals surface area contributed by atoms with Crippen LogP contribution in [0.4, 0.5) is 16.2 Å². The lowest BCUT2D eigenvalue weighted by Gasteiger charge is -2.28. The van der Waals surface area contributed by atoms with Gasteiger partial charge in [-0.05, 0) is 60.3 Å². The van der Waals surface area contributed by atoms with Crippen molar-refractivity contribution in [2.45, 2.75) is 0 Å². The van der Waals surface area contributed by atoms with Crippen molar-refractivity contribution in [3.8, 4) is 5.75 Å². The molecule has 0 spiro atoms. The van der Waals surface area contributed by atoms with Gasteiger partial charge in [0.05, 0.1) is 25.2 Å². The van der Waals surface area contributed by atoms with E-state index < -0.39 is 29.6 Å². The Morgan fingerprint density at radius 2 is 1.86 bits per heavy atom. The third-order valence-electron chi connectivity index (χ3n) is 5.53. The van der Waals surface area contributed by atoms with E-state index in [1.807, 2.05) is 12.1 Å². The molecule has 4 rings (SSSR count). The van der Waals surface area contributed by atoms with Crippen LogP contribution in [0.25, 0.3) is 6.08 Å². The number of ether oxygens (including phenoxy) is 3. The number of hydrogen-bond acceptors (Lipinski definition) is 9. The van der Waals surface area contributed by atoms with E-state index in [9.17, 15) is 19.2 Å². The summed E-state index contributed by atoms with van der Waals surface area (Å²) >= 11 is 4.09. The maximum atomic E-state index is 12.9. The number of esters is 1. The van der Waals surface area contributed by atoms with E-state index >= 15 is 0 Å². The molecule has 10 nitrogen and oxygen atoms in total. The number of imide groups is 1. The Kier molecular flexibility index (Phi) is 8.85. The Morgan fingerprint density at radius 1 is 1.14 bits per heavy atom. The number of anilines is 2. The minimum atomic E-state index is -0.591. The fourth-order valence-electron chi connectivity index (χ4n) is 3.66. The smallest absolute Gasteiger partial charge is 0.343 e. The van der Waals surface area contributed by atoms with Gasteiger partial charge >= 0.3 is 5.97 Å². The second-order valence-electron chi connectivity index (χ2n) is 8.01. The van der Waals surface area contributed by atoms with Gasteiger partial charge in [0.15, 0.2) is 6.61 Å². The third-order valence-corrected chi connectivity index (χ3v) is 6.93. The highest BCUT2D eigenvalue weighted by atomic mass is 79.9. The quantitative estimate of drug-likeness (QED) is 0.365. The number of benzene rings is 2. The molecule has 2 aromatic carbocycles. The third kappa shape index (κ3) is 6.90. The van der Waals surface area contributed by atoms with E-state index in [0.29, 0.717) is 34.7 Å². The highest BCUT2D eigenvalue weighted by Crippen LogP contribution is 2.35. The number of nitrogens with one attached hydrogen (secondary N) is 1. The molecule has 0 aromatic heterocycles. The number of methoxy groups -OCH3 is 1. The van der Waals surface area contributed by atoms with Gasteiger partial charge in [-0.2, -0.15) is 0 Å². The fourth-order valence-corrected chi connectivity index (χ4v) is 4.87. The molecule has 2 aliphatic rings. The van der Waals surface area contributed by atoms with Crippen LogP contribution in [0, 0.1) is 0 Å². The first-order chi connectivity index (χ1) is 17.8. The highest BCUT2D eigenvalue weighted by molar-refractivity contribution is 9.10. The molecule has 1 N–H and O–H groups in total. The maximum absolute atomic E-state index is 12.9. The van der Waals surface area contributed by atoms with Crippen LogP contribution in [-0.4, -0.2) is 74.5 Å². The summed E-state index contributed by atoms with van der Waals surface area (Å²) in [6.45, 7) is 2.22. The Labute approximate surface area is 226 Å². The maximum Gasteiger partial charge on any atom is 0.343 e. The van der Waals surface area contributed by atoms with Gasteiger partial charge in [0.1, 0.15) is 12.3 Å². The van der Waals surface area contributed by atoms with Crippen LogP contribution >= 0.6 is 27.7 Å². The summed E-state index contributed by atoms with van der Waals surface area (Å²) < 4.78 is 16.1. The fraction of sp³-hybridized carbons (Fsp3) is 0.280. The Bertz CT molecular complexity index is 1230. The van der Waals surface area contributed by atoms with Crippen LogP contribution < -0.4 is 15.0 Å². The number of morpholine rings is 1. The molecule has 2 aliphatic heterocycles. The first-order valence-corrected chi connectivity index (χ1v) is 12.9. The summed E-state index contributed by atoms with van der Waals surface area (Å²) in [5, 5.41) is 2.17. The zero-order valence-corrected chi connectivity index (χ0v) is 22.3. The van der Waals surface area contributed by atoms with Crippen LogP contribution in [0.3, 0.4) is 0 Å². The van der Waals surface area contributed by atoms with Crippen molar-refractivity contribution in [2.24, 2.45) is 0 Å². The zero-order valence-electron chi connectivity index (χ0n) is 19.9. The number of amides is 3. The SMILES string of the molecule is COC(=O)COc1ccc(Br)cc1/C=C1/SC(=O)N(CC(=O)Nc2ccc(N3CCOCC3)cc2)C1=O. The van der Waals surface area contributed by atoms with Crippen molar-refractivity contribution in [3.05, 3.63) is 57.4 Å². The molecule has 2 heterocycles. The predicted molar refractivity (Wildman–Crippen MR) is 142 cm³/mol. The van der Waals surface area contributed by atoms with E-state index in [4.69, 9.17) is 9.47 Å². The second kappa shape index (κ2) is 12.3. The molecule has 0 aliphatic carbocycles. The average molecular weight is 590 g/mol. The van der Waals surface area contributed by atoms with Crippen LogP contribution in [0.5, 0.6) is 5.75 Å². The first kappa shape index (κ1) is 26.7. The van der Waals surface area contributed by atoms with Crippen LogP contribution in [-0.2, 0) is 23.9 Å². The number of hydrogen-bond donors (Lipinski definition) is 1. The molecule has 2 saturated heterocycles. The Balaban J connectivity index is 1.40. The first-order valence-electron chi connectivity index (χ1n) is 11.3. The largest absolute Gasteiger partial charge is 0.481 e. The Morgan fingerprint density at radius 3 is 2.57 bits per heavy atom. The van der Waals surface area contributed by atoms with Crippen molar-refractivity contribution >= 4 is 68.2 Å². The van der Waals surface area contributed by atoms with Gasteiger partial charge in [0, 0.05) is 34.5 Å². The molecule has 0 saturated carbocycles. The van der Waals surface area contributed by atoms with E-state index in [1.165, 1.54) is 13.2 Å². The zero-order chi connectivity index (χ0) is 26.4. The molecule has 2 aromatic rings. The number of nitrogens with zero attached hydrogens (tertiary/aromatic N) is 2. The van der Waals surface area contributed by atoms with E-state index in [1.54, 1.807) is 30.3 Å². The molecule has 2 fully saturated rings. The van der Waals surface area contributed by atoms with E-state index in [2.05, 4.69) is 30.9 Å². The van der Waals surface area contributed by atoms with Gasteiger partial charge in [-0.15, -0.1) is 0 Å². The lowest BCUT2D eigenvalue weighted by Crippen LogP contribution is -2.36. The van der Waals surface area contributed by atoms with Crippen molar-refractivity contribution in [1.82, 2.24) is 4.90 Å². The monoisotopic (exact) mass is 589 g/mol. The standard InChI is InChI=1S/C25H24BrN3O7S/c1-34-23(31)15-36-20-7-2-17(26)12-16(20)13-21-24(32)29(25(33)37-21)14-22(30)27-18-3-5-19(6-4-18)28-8-10-35-11-9-28/h2-7,12-13H,8-11,14-15H2,1H3,(H,27,30)/b21-13+. The lowest BCUT2D eigenvalue weighted by atomic mass is 10.2. The van der Waals surface area contributed by atoms with Crippen molar-refractivity contribution in [1.29, 1.82) is 0 Å². The summed E-state index contributed by atoms with van der Waals surface area (Å²) in [7, 11) is 1.25. The molecule has 194 valence electrons. The van der Waals surface area contributed by atoms with Crippen LogP contribution in [0.1, 0.15) is 5.56 Å². The lowest BCUT2D eigenvalue weighted by molar-refractivity contribution is -0.142.